The molecule has 136 valence electrons. The van der Waals surface area contributed by atoms with Crippen LogP contribution in [-0.4, -0.2) is 59.2 Å². The molecule has 2 aliphatic rings. The summed E-state index contributed by atoms with van der Waals surface area (Å²) >= 11 is 1.03. The summed E-state index contributed by atoms with van der Waals surface area (Å²) in [6, 6.07) is -0.655. The van der Waals surface area contributed by atoms with Crippen LogP contribution in [0, 0.1) is 0 Å². The standard InChI is InChI=1S/C15H23NO7S/c1-7(17)16-11-13(24-9(3)19)12(22-14(11)21-8(2)18)10-6-20-15(4,5)23-10/h10-14H,6H2,1-5H3,(H,16,17)/t10-,11+,12-,13-,14-/m1/s1. The van der Waals surface area contributed by atoms with Gasteiger partial charge >= 0.3 is 5.97 Å². The molecule has 2 aliphatic heterocycles. The summed E-state index contributed by atoms with van der Waals surface area (Å²) in [5.74, 6) is -1.60. The first-order valence-corrected chi connectivity index (χ1v) is 8.56. The van der Waals surface area contributed by atoms with Crippen molar-refractivity contribution in [3.05, 3.63) is 0 Å². The number of amides is 1. The zero-order valence-corrected chi connectivity index (χ0v) is 15.2. The fourth-order valence-electron chi connectivity index (χ4n) is 2.83. The Labute approximate surface area is 144 Å². The van der Waals surface area contributed by atoms with Crippen LogP contribution in [-0.2, 0) is 33.3 Å². The fourth-order valence-corrected chi connectivity index (χ4v) is 3.93. The largest absolute Gasteiger partial charge is 0.434 e. The van der Waals surface area contributed by atoms with Gasteiger partial charge < -0.3 is 24.3 Å². The first-order chi connectivity index (χ1) is 11.1. The second-order valence-corrected chi connectivity index (χ2v) is 7.60. The second-order valence-electron chi connectivity index (χ2n) is 6.25. The number of thioether (sulfide) groups is 1. The molecule has 0 saturated carbocycles. The molecule has 0 unspecified atom stereocenters. The molecule has 5 atom stereocenters. The van der Waals surface area contributed by atoms with E-state index in [4.69, 9.17) is 18.9 Å². The van der Waals surface area contributed by atoms with Crippen LogP contribution in [0.15, 0.2) is 0 Å². The number of carbonyl (C=O) groups excluding carboxylic acids is 3. The Kier molecular flexibility index (Phi) is 5.90. The Morgan fingerprint density at radius 2 is 1.88 bits per heavy atom. The van der Waals surface area contributed by atoms with Crippen LogP contribution in [0.1, 0.15) is 34.6 Å². The lowest BCUT2D eigenvalue weighted by molar-refractivity contribution is -0.191. The van der Waals surface area contributed by atoms with Crippen molar-refractivity contribution in [3.63, 3.8) is 0 Å². The van der Waals surface area contributed by atoms with Crippen LogP contribution in [0.25, 0.3) is 0 Å². The number of hydrogen-bond donors (Lipinski definition) is 1. The third kappa shape index (κ3) is 4.69. The van der Waals surface area contributed by atoms with Gasteiger partial charge in [0.05, 0.1) is 11.9 Å². The van der Waals surface area contributed by atoms with Crippen molar-refractivity contribution in [1.82, 2.24) is 5.32 Å². The van der Waals surface area contributed by atoms with E-state index in [1.54, 1.807) is 13.8 Å². The van der Waals surface area contributed by atoms with E-state index in [0.717, 1.165) is 11.8 Å². The highest BCUT2D eigenvalue weighted by Gasteiger charge is 2.53. The number of carbonyl (C=O) groups is 3. The summed E-state index contributed by atoms with van der Waals surface area (Å²) in [6.07, 6.45) is -1.99. The molecule has 0 aromatic heterocycles. The predicted molar refractivity (Wildman–Crippen MR) is 85.0 cm³/mol. The fraction of sp³-hybridized carbons (Fsp3) is 0.800. The molecule has 9 heteroatoms. The Bertz CT molecular complexity index is 524. The van der Waals surface area contributed by atoms with E-state index in [1.807, 2.05) is 0 Å². The zero-order valence-electron chi connectivity index (χ0n) is 14.4. The highest BCUT2D eigenvalue weighted by atomic mass is 32.2. The van der Waals surface area contributed by atoms with E-state index in [2.05, 4.69) is 5.32 Å². The van der Waals surface area contributed by atoms with Crippen molar-refractivity contribution >= 4 is 28.8 Å². The van der Waals surface area contributed by atoms with Crippen molar-refractivity contribution in [2.75, 3.05) is 6.61 Å². The van der Waals surface area contributed by atoms with Crippen LogP contribution in [0.5, 0.6) is 0 Å². The maximum absolute atomic E-state index is 11.7. The van der Waals surface area contributed by atoms with E-state index in [-0.39, 0.29) is 17.6 Å². The first kappa shape index (κ1) is 19.2. The molecule has 2 heterocycles. The molecule has 1 amide bonds. The van der Waals surface area contributed by atoms with E-state index in [9.17, 15) is 14.4 Å². The average molecular weight is 361 g/mol. The summed E-state index contributed by atoms with van der Waals surface area (Å²) in [6.45, 7) is 7.89. The summed E-state index contributed by atoms with van der Waals surface area (Å²) in [4.78, 5) is 34.5. The molecule has 0 aliphatic carbocycles. The molecule has 24 heavy (non-hydrogen) atoms. The zero-order chi connectivity index (χ0) is 18.1. The molecule has 2 saturated heterocycles. The summed E-state index contributed by atoms with van der Waals surface area (Å²) in [5.41, 5.74) is 0. The van der Waals surface area contributed by atoms with Crippen molar-refractivity contribution in [1.29, 1.82) is 0 Å². The molecule has 8 nitrogen and oxygen atoms in total. The molecule has 0 aromatic carbocycles. The molecular formula is C15H23NO7S. The molecule has 2 rings (SSSR count). The minimum atomic E-state index is -0.986. The summed E-state index contributed by atoms with van der Waals surface area (Å²) < 4.78 is 22.4. The minimum absolute atomic E-state index is 0.134. The van der Waals surface area contributed by atoms with E-state index in [0.29, 0.717) is 0 Å². The van der Waals surface area contributed by atoms with Gasteiger partial charge in [-0.1, -0.05) is 11.8 Å². The molecule has 0 bridgehead atoms. The normalized spacial score (nSPS) is 34.8. The molecule has 2 fully saturated rings. The number of ether oxygens (including phenoxy) is 4. The van der Waals surface area contributed by atoms with Crippen LogP contribution < -0.4 is 5.32 Å². The highest BCUT2D eigenvalue weighted by Crippen LogP contribution is 2.38. The lowest BCUT2D eigenvalue weighted by atomic mass is 10.1. The first-order valence-electron chi connectivity index (χ1n) is 7.68. The predicted octanol–water partition coefficient (Wildman–Crippen LogP) is 0.579. The van der Waals surface area contributed by atoms with Crippen molar-refractivity contribution in [3.8, 4) is 0 Å². The third-order valence-electron chi connectivity index (χ3n) is 3.61. The lowest BCUT2D eigenvalue weighted by Crippen LogP contribution is -2.48. The van der Waals surface area contributed by atoms with Crippen LogP contribution in [0.2, 0.25) is 0 Å². The van der Waals surface area contributed by atoms with Gasteiger partial charge in [0.15, 0.2) is 10.9 Å². The van der Waals surface area contributed by atoms with Gasteiger partial charge in [-0.3, -0.25) is 14.4 Å². The van der Waals surface area contributed by atoms with Crippen molar-refractivity contribution in [2.45, 2.75) is 70.2 Å². The average Bonchev–Trinajstić information content (AvgIpc) is 2.91. The number of rotatable bonds is 4. The minimum Gasteiger partial charge on any atom is -0.434 e. The van der Waals surface area contributed by atoms with Gasteiger partial charge in [-0.15, -0.1) is 0 Å². The van der Waals surface area contributed by atoms with Gasteiger partial charge in [0.1, 0.15) is 18.2 Å². The summed E-state index contributed by atoms with van der Waals surface area (Å²) in [5, 5.41) is 2.12. The van der Waals surface area contributed by atoms with E-state index >= 15 is 0 Å². The quantitative estimate of drug-likeness (QED) is 0.726. The maximum Gasteiger partial charge on any atom is 0.305 e. The van der Waals surface area contributed by atoms with Gasteiger partial charge in [-0.25, -0.2) is 0 Å². The molecule has 1 N–H and O–H groups in total. The van der Waals surface area contributed by atoms with E-state index < -0.39 is 41.5 Å². The number of esters is 1. The lowest BCUT2D eigenvalue weighted by Gasteiger charge is -2.25. The van der Waals surface area contributed by atoms with Crippen molar-refractivity contribution in [2.24, 2.45) is 0 Å². The van der Waals surface area contributed by atoms with Crippen LogP contribution in [0.4, 0.5) is 0 Å². The second kappa shape index (κ2) is 7.38. The van der Waals surface area contributed by atoms with Gasteiger partial charge in [0.2, 0.25) is 12.2 Å². The third-order valence-corrected chi connectivity index (χ3v) is 4.78. The Morgan fingerprint density at radius 3 is 2.33 bits per heavy atom. The van der Waals surface area contributed by atoms with Gasteiger partial charge in [-0.05, 0) is 13.8 Å². The van der Waals surface area contributed by atoms with Gasteiger partial charge in [-0.2, -0.15) is 0 Å². The van der Waals surface area contributed by atoms with Gasteiger partial charge in [0.25, 0.3) is 0 Å². The Morgan fingerprint density at radius 1 is 1.21 bits per heavy atom. The van der Waals surface area contributed by atoms with Crippen LogP contribution >= 0.6 is 11.8 Å². The topological polar surface area (TPSA) is 100 Å². The SMILES string of the molecule is CC(=O)N[C@@H]1[C@H](OC(C)=O)O[C@H]([C@H]2COC(C)(C)O2)[C@@H]1SC(C)=O. The number of hydrogen-bond acceptors (Lipinski definition) is 8. The molecule has 0 aromatic rings. The number of nitrogens with one attached hydrogen (secondary N) is 1. The molecular weight excluding hydrogens is 338 g/mol. The van der Waals surface area contributed by atoms with Gasteiger partial charge in [0, 0.05) is 20.8 Å². The summed E-state index contributed by atoms with van der Waals surface area (Å²) in [7, 11) is 0. The Hall–Kier alpha value is -1.16. The monoisotopic (exact) mass is 361 g/mol. The molecule has 0 radical (unpaired) electrons. The Balaban J connectivity index is 2.25. The van der Waals surface area contributed by atoms with E-state index in [1.165, 1.54) is 20.8 Å². The molecule has 0 spiro atoms. The van der Waals surface area contributed by atoms with Crippen LogP contribution in [0.3, 0.4) is 0 Å². The highest BCUT2D eigenvalue weighted by molar-refractivity contribution is 8.14. The maximum atomic E-state index is 11.7. The van der Waals surface area contributed by atoms with Crippen molar-refractivity contribution < 1.29 is 33.3 Å². The smallest absolute Gasteiger partial charge is 0.305 e.